The number of fused-ring (bicyclic) bond motifs is 1. The van der Waals surface area contributed by atoms with Crippen LogP contribution >= 0.6 is 0 Å². The molecule has 0 bridgehead atoms. The summed E-state index contributed by atoms with van der Waals surface area (Å²) in [5.74, 6) is -0.301. The SMILES string of the molecule is O=C(OCC(F)(F)F)c1ccc2c(c1)OCO2. The van der Waals surface area contributed by atoms with E-state index in [4.69, 9.17) is 9.47 Å². The van der Waals surface area contributed by atoms with Crippen molar-refractivity contribution in [2.45, 2.75) is 6.18 Å². The fourth-order valence-electron chi connectivity index (χ4n) is 1.25. The highest BCUT2D eigenvalue weighted by molar-refractivity contribution is 5.90. The van der Waals surface area contributed by atoms with Crippen molar-refractivity contribution in [1.29, 1.82) is 0 Å². The molecule has 0 radical (unpaired) electrons. The van der Waals surface area contributed by atoms with Crippen molar-refractivity contribution in [1.82, 2.24) is 0 Å². The summed E-state index contributed by atoms with van der Waals surface area (Å²) >= 11 is 0. The van der Waals surface area contributed by atoms with E-state index in [0.717, 1.165) is 0 Å². The summed E-state index contributed by atoms with van der Waals surface area (Å²) in [4.78, 5) is 11.3. The highest BCUT2D eigenvalue weighted by Gasteiger charge is 2.30. The van der Waals surface area contributed by atoms with Crippen molar-refractivity contribution >= 4 is 5.97 Å². The van der Waals surface area contributed by atoms with Gasteiger partial charge in [0.1, 0.15) is 0 Å². The maximum atomic E-state index is 11.8. The Bertz CT molecular complexity index is 442. The normalized spacial score (nSPS) is 13.6. The molecule has 0 aromatic heterocycles. The molecule has 2 rings (SSSR count). The van der Waals surface area contributed by atoms with E-state index < -0.39 is 18.8 Å². The van der Waals surface area contributed by atoms with Gasteiger partial charge in [0.05, 0.1) is 5.56 Å². The van der Waals surface area contributed by atoms with Gasteiger partial charge in [-0.3, -0.25) is 0 Å². The Labute approximate surface area is 93.9 Å². The predicted octanol–water partition coefficient (Wildman–Crippen LogP) is 2.13. The standard InChI is InChI=1S/C10H7F3O4/c11-10(12,13)4-15-9(14)6-1-2-7-8(3-6)17-5-16-7/h1-3H,4-5H2. The number of carbonyl (C=O) groups excluding carboxylic acids is 1. The lowest BCUT2D eigenvalue weighted by Gasteiger charge is -2.07. The number of carbonyl (C=O) groups is 1. The van der Waals surface area contributed by atoms with E-state index in [1.807, 2.05) is 0 Å². The van der Waals surface area contributed by atoms with Crippen LogP contribution < -0.4 is 9.47 Å². The van der Waals surface area contributed by atoms with Crippen molar-refractivity contribution in [2.75, 3.05) is 13.4 Å². The van der Waals surface area contributed by atoms with Gasteiger partial charge < -0.3 is 14.2 Å². The molecule has 0 amide bonds. The Morgan fingerprint density at radius 3 is 2.71 bits per heavy atom. The van der Waals surface area contributed by atoms with Crippen LogP contribution in [0.1, 0.15) is 10.4 Å². The molecule has 1 aromatic carbocycles. The van der Waals surface area contributed by atoms with Gasteiger partial charge in [-0.2, -0.15) is 13.2 Å². The zero-order valence-electron chi connectivity index (χ0n) is 8.41. The summed E-state index contributed by atoms with van der Waals surface area (Å²) in [7, 11) is 0. The Balaban J connectivity index is 2.05. The highest BCUT2D eigenvalue weighted by Crippen LogP contribution is 2.32. The van der Waals surface area contributed by atoms with Crippen molar-refractivity contribution < 1.29 is 32.2 Å². The molecular formula is C10H7F3O4. The minimum atomic E-state index is -4.54. The summed E-state index contributed by atoms with van der Waals surface area (Å²) in [6.07, 6.45) is -4.54. The van der Waals surface area contributed by atoms with Gasteiger partial charge in [0.25, 0.3) is 0 Å². The average molecular weight is 248 g/mol. The minimum Gasteiger partial charge on any atom is -0.454 e. The van der Waals surface area contributed by atoms with E-state index in [1.165, 1.54) is 18.2 Å². The van der Waals surface area contributed by atoms with Crippen LogP contribution in [0.2, 0.25) is 0 Å². The third-order valence-corrected chi connectivity index (χ3v) is 1.98. The van der Waals surface area contributed by atoms with Gasteiger partial charge in [0.15, 0.2) is 18.1 Å². The molecule has 1 aliphatic heterocycles. The zero-order valence-corrected chi connectivity index (χ0v) is 8.41. The molecule has 0 spiro atoms. The molecule has 0 unspecified atom stereocenters. The molecule has 1 aliphatic rings. The molecule has 92 valence electrons. The number of halogens is 3. The number of rotatable bonds is 2. The van der Waals surface area contributed by atoms with E-state index in [9.17, 15) is 18.0 Å². The summed E-state index contributed by atoms with van der Waals surface area (Å²) in [5, 5.41) is 0. The fourth-order valence-corrected chi connectivity index (χ4v) is 1.25. The van der Waals surface area contributed by atoms with Crippen LogP contribution in [0.15, 0.2) is 18.2 Å². The minimum absolute atomic E-state index is 0.0153. The van der Waals surface area contributed by atoms with Gasteiger partial charge in [-0.1, -0.05) is 0 Å². The van der Waals surface area contributed by atoms with E-state index in [0.29, 0.717) is 11.5 Å². The first-order valence-electron chi connectivity index (χ1n) is 4.59. The van der Waals surface area contributed by atoms with E-state index in [-0.39, 0.29) is 12.4 Å². The van der Waals surface area contributed by atoms with Crippen LogP contribution in [0.25, 0.3) is 0 Å². The Kier molecular flexibility index (Phi) is 2.83. The fraction of sp³-hybridized carbons (Fsp3) is 0.300. The average Bonchev–Trinajstić information content (AvgIpc) is 2.71. The molecule has 7 heteroatoms. The lowest BCUT2D eigenvalue weighted by molar-refractivity contribution is -0.161. The first kappa shape index (κ1) is 11.6. The molecule has 17 heavy (non-hydrogen) atoms. The topological polar surface area (TPSA) is 44.8 Å². The van der Waals surface area contributed by atoms with Crippen molar-refractivity contribution in [3.05, 3.63) is 23.8 Å². The van der Waals surface area contributed by atoms with Crippen molar-refractivity contribution in [3.63, 3.8) is 0 Å². The molecule has 0 fully saturated rings. The van der Waals surface area contributed by atoms with Crippen molar-refractivity contribution in [2.24, 2.45) is 0 Å². The van der Waals surface area contributed by atoms with Gasteiger partial charge >= 0.3 is 12.1 Å². The van der Waals surface area contributed by atoms with E-state index in [2.05, 4.69) is 4.74 Å². The Morgan fingerprint density at radius 2 is 2.00 bits per heavy atom. The molecule has 0 saturated carbocycles. The predicted molar refractivity (Wildman–Crippen MR) is 48.9 cm³/mol. The zero-order chi connectivity index (χ0) is 12.5. The number of hydrogen-bond acceptors (Lipinski definition) is 4. The molecular weight excluding hydrogens is 241 g/mol. The summed E-state index contributed by atoms with van der Waals surface area (Å²) in [6.45, 7) is -1.59. The van der Waals surface area contributed by atoms with Crippen LogP contribution in [0, 0.1) is 0 Å². The first-order valence-corrected chi connectivity index (χ1v) is 4.59. The van der Waals surface area contributed by atoms with Gasteiger partial charge in [-0.05, 0) is 18.2 Å². The molecule has 0 aliphatic carbocycles. The van der Waals surface area contributed by atoms with Crippen LogP contribution in [0.4, 0.5) is 13.2 Å². The molecule has 1 aromatic rings. The second-order valence-corrected chi connectivity index (χ2v) is 3.26. The van der Waals surface area contributed by atoms with Gasteiger partial charge in [0.2, 0.25) is 6.79 Å². The van der Waals surface area contributed by atoms with Crippen LogP contribution in [-0.4, -0.2) is 25.5 Å². The van der Waals surface area contributed by atoms with E-state index >= 15 is 0 Å². The van der Waals surface area contributed by atoms with Gasteiger partial charge in [-0.25, -0.2) is 4.79 Å². The monoisotopic (exact) mass is 248 g/mol. The van der Waals surface area contributed by atoms with Gasteiger partial charge in [0, 0.05) is 0 Å². The van der Waals surface area contributed by atoms with Crippen LogP contribution in [0.3, 0.4) is 0 Å². The molecule has 0 saturated heterocycles. The number of alkyl halides is 3. The number of esters is 1. The maximum Gasteiger partial charge on any atom is 0.422 e. The summed E-state index contributed by atoms with van der Waals surface area (Å²) in [5.41, 5.74) is -0.0153. The summed E-state index contributed by atoms with van der Waals surface area (Å²) < 4.78 is 49.6. The Hall–Kier alpha value is -1.92. The largest absolute Gasteiger partial charge is 0.454 e. The molecule has 0 atom stereocenters. The second kappa shape index (κ2) is 4.15. The first-order chi connectivity index (χ1) is 7.96. The number of hydrogen-bond donors (Lipinski definition) is 0. The second-order valence-electron chi connectivity index (χ2n) is 3.26. The molecule has 4 nitrogen and oxygen atoms in total. The lowest BCUT2D eigenvalue weighted by Crippen LogP contribution is -2.20. The highest BCUT2D eigenvalue weighted by atomic mass is 19.4. The third kappa shape index (κ3) is 2.80. The van der Waals surface area contributed by atoms with Crippen molar-refractivity contribution in [3.8, 4) is 11.5 Å². The lowest BCUT2D eigenvalue weighted by atomic mass is 10.2. The van der Waals surface area contributed by atoms with E-state index in [1.54, 1.807) is 0 Å². The number of ether oxygens (including phenoxy) is 3. The number of benzene rings is 1. The summed E-state index contributed by atoms with van der Waals surface area (Å²) in [6, 6.07) is 4.03. The Morgan fingerprint density at radius 1 is 1.29 bits per heavy atom. The third-order valence-electron chi connectivity index (χ3n) is 1.98. The van der Waals surface area contributed by atoms with Crippen LogP contribution in [-0.2, 0) is 4.74 Å². The van der Waals surface area contributed by atoms with Crippen LogP contribution in [0.5, 0.6) is 11.5 Å². The smallest absolute Gasteiger partial charge is 0.422 e. The van der Waals surface area contributed by atoms with Gasteiger partial charge in [-0.15, -0.1) is 0 Å². The molecule has 1 heterocycles. The molecule has 0 N–H and O–H groups in total. The quantitative estimate of drug-likeness (QED) is 0.752. The maximum absolute atomic E-state index is 11.8.